The second kappa shape index (κ2) is 5.36. The lowest BCUT2D eigenvalue weighted by molar-refractivity contribution is 0.432. The Bertz CT molecular complexity index is 747. The molecule has 0 amide bonds. The predicted octanol–water partition coefficient (Wildman–Crippen LogP) is 4.63. The monoisotopic (exact) mass is 376 g/mol. The Morgan fingerprint density at radius 3 is 2.30 bits per heavy atom. The summed E-state index contributed by atoms with van der Waals surface area (Å²) in [5.74, 6) is 1.18. The number of aromatic nitrogens is 2. The van der Waals surface area contributed by atoms with Gasteiger partial charge in [0.1, 0.15) is 0 Å². The van der Waals surface area contributed by atoms with Gasteiger partial charge in [-0.3, -0.25) is 0 Å². The Morgan fingerprint density at radius 2 is 1.60 bits per heavy atom. The molecule has 1 aromatic heterocycles. The molecule has 0 radical (unpaired) electrons. The number of benzene rings is 2. The summed E-state index contributed by atoms with van der Waals surface area (Å²) in [5.41, 5.74) is 4.39. The molecule has 3 nitrogen and oxygen atoms in total. The molecular formula is C16H13IN2O. The number of aryl methyl sites for hydroxylation is 2. The molecule has 4 heteroatoms. The molecule has 3 rings (SSSR count). The average Bonchev–Trinajstić information content (AvgIpc) is 2.92. The van der Waals surface area contributed by atoms with Gasteiger partial charge in [-0.05, 0) is 71.8 Å². The first kappa shape index (κ1) is 13.3. The number of hydrogen-bond acceptors (Lipinski definition) is 3. The molecule has 0 bridgehead atoms. The minimum Gasteiger partial charge on any atom is -0.334 e. The maximum atomic E-state index is 5.37. The third-order valence-electron chi connectivity index (χ3n) is 3.28. The first-order valence-corrected chi connectivity index (χ1v) is 7.38. The highest BCUT2D eigenvalue weighted by Crippen LogP contribution is 2.24. The van der Waals surface area contributed by atoms with Crippen molar-refractivity contribution in [3.05, 3.63) is 57.2 Å². The zero-order valence-electron chi connectivity index (χ0n) is 11.2. The predicted molar refractivity (Wildman–Crippen MR) is 87.4 cm³/mol. The van der Waals surface area contributed by atoms with E-state index in [-0.39, 0.29) is 0 Å². The summed E-state index contributed by atoms with van der Waals surface area (Å²) in [6, 6.07) is 14.2. The van der Waals surface area contributed by atoms with Gasteiger partial charge in [-0.25, -0.2) is 0 Å². The van der Waals surface area contributed by atoms with Gasteiger partial charge in [-0.1, -0.05) is 23.4 Å². The Balaban J connectivity index is 1.97. The molecule has 100 valence electrons. The van der Waals surface area contributed by atoms with Crippen LogP contribution in [0.5, 0.6) is 0 Å². The third kappa shape index (κ3) is 2.60. The Kier molecular flexibility index (Phi) is 3.56. The number of rotatable bonds is 2. The normalized spacial score (nSPS) is 10.8. The fraction of sp³-hybridized carbons (Fsp3) is 0.125. The van der Waals surface area contributed by atoms with E-state index in [1.165, 1.54) is 14.7 Å². The van der Waals surface area contributed by atoms with E-state index in [0.29, 0.717) is 11.7 Å². The van der Waals surface area contributed by atoms with Crippen LogP contribution in [-0.4, -0.2) is 10.1 Å². The summed E-state index contributed by atoms with van der Waals surface area (Å²) in [5, 5.41) is 4.06. The van der Waals surface area contributed by atoms with Gasteiger partial charge in [0, 0.05) is 14.7 Å². The van der Waals surface area contributed by atoms with Crippen molar-refractivity contribution >= 4 is 22.6 Å². The molecule has 0 aliphatic carbocycles. The summed E-state index contributed by atoms with van der Waals surface area (Å²) >= 11 is 2.27. The van der Waals surface area contributed by atoms with Gasteiger partial charge < -0.3 is 4.52 Å². The number of halogens is 1. The molecule has 0 N–H and O–H groups in total. The van der Waals surface area contributed by atoms with Crippen LogP contribution in [0.25, 0.3) is 22.8 Å². The van der Waals surface area contributed by atoms with E-state index >= 15 is 0 Å². The summed E-state index contributed by atoms with van der Waals surface area (Å²) < 4.78 is 6.55. The highest BCUT2D eigenvalue weighted by Gasteiger charge is 2.11. The van der Waals surface area contributed by atoms with Crippen molar-refractivity contribution in [1.29, 1.82) is 0 Å². The van der Waals surface area contributed by atoms with Gasteiger partial charge in [0.15, 0.2) is 0 Å². The van der Waals surface area contributed by atoms with Crippen molar-refractivity contribution in [2.75, 3.05) is 0 Å². The van der Waals surface area contributed by atoms with E-state index in [0.717, 1.165) is 11.1 Å². The molecule has 20 heavy (non-hydrogen) atoms. The van der Waals surface area contributed by atoms with E-state index in [1.807, 2.05) is 30.3 Å². The lowest BCUT2D eigenvalue weighted by atomic mass is 10.1. The highest BCUT2D eigenvalue weighted by atomic mass is 127. The SMILES string of the molecule is Cc1ccc(-c2nc(-c3ccc(I)cc3)no2)cc1C. The standard InChI is InChI=1S/C16H13IN2O/c1-10-3-4-13(9-11(10)2)16-18-15(19-20-16)12-5-7-14(17)8-6-12/h3-9H,1-2H3. The Labute approximate surface area is 131 Å². The van der Waals surface area contributed by atoms with Gasteiger partial charge >= 0.3 is 0 Å². The van der Waals surface area contributed by atoms with Crippen molar-refractivity contribution in [3.63, 3.8) is 0 Å². The van der Waals surface area contributed by atoms with Gasteiger partial charge in [0.2, 0.25) is 5.82 Å². The van der Waals surface area contributed by atoms with Gasteiger partial charge in [0.25, 0.3) is 5.89 Å². The van der Waals surface area contributed by atoms with Crippen LogP contribution in [0.4, 0.5) is 0 Å². The second-order valence-electron chi connectivity index (χ2n) is 4.73. The first-order chi connectivity index (χ1) is 9.63. The van der Waals surface area contributed by atoms with Crippen molar-refractivity contribution in [2.45, 2.75) is 13.8 Å². The van der Waals surface area contributed by atoms with Crippen molar-refractivity contribution in [1.82, 2.24) is 10.1 Å². The van der Waals surface area contributed by atoms with Crippen molar-refractivity contribution in [3.8, 4) is 22.8 Å². The molecular weight excluding hydrogens is 363 g/mol. The number of hydrogen-bond donors (Lipinski definition) is 0. The van der Waals surface area contributed by atoms with Crippen molar-refractivity contribution in [2.24, 2.45) is 0 Å². The van der Waals surface area contributed by atoms with Crippen LogP contribution in [0, 0.1) is 17.4 Å². The molecule has 1 heterocycles. The van der Waals surface area contributed by atoms with Crippen LogP contribution in [-0.2, 0) is 0 Å². The zero-order valence-corrected chi connectivity index (χ0v) is 13.4. The molecule has 0 fully saturated rings. The largest absolute Gasteiger partial charge is 0.334 e. The molecule has 0 aliphatic heterocycles. The fourth-order valence-electron chi connectivity index (χ4n) is 1.93. The van der Waals surface area contributed by atoms with Gasteiger partial charge in [-0.2, -0.15) is 4.98 Å². The molecule has 0 atom stereocenters. The first-order valence-electron chi connectivity index (χ1n) is 6.31. The second-order valence-corrected chi connectivity index (χ2v) is 5.97. The minimum absolute atomic E-state index is 0.557. The topological polar surface area (TPSA) is 38.9 Å². The Morgan fingerprint density at radius 1 is 0.900 bits per heavy atom. The van der Waals surface area contributed by atoms with E-state index < -0.39 is 0 Å². The van der Waals surface area contributed by atoms with Gasteiger partial charge in [0.05, 0.1) is 0 Å². The van der Waals surface area contributed by atoms with E-state index in [9.17, 15) is 0 Å². The summed E-state index contributed by atoms with van der Waals surface area (Å²) in [7, 11) is 0. The molecule has 0 saturated carbocycles. The summed E-state index contributed by atoms with van der Waals surface area (Å²) in [6.07, 6.45) is 0. The maximum absolute atomic E-state index is 5.37. The molecule has 0 spiro atoms. The highest BCUT2D eigenvalue weighted by molar-refractivity contribution is 14.1. The van der Waals surface area contributed by atoms with Gasteiger partial charge in [-0.15, -0.1) is 0 Å². The zero-order chi connectivity index (χ0) is 14.1. The Hall–Kier alpha value is -1.69. The summed E-state index contributed by atoms with van der Waals surface area (Å²) in [4.78, 5) is 4.47. The van der Waals surface area contributed by atoms with E-state index in [1.54, 1.807) is 0 Å². The van der Waals surface area contributed by atoms with Crippen LogP contribution in [0.2, 0.25) is 0 Å². The lowest BCUT2D eigenvalue weighted by Gasteiger charge is -2.00. The molecule has 2 aromatic carbocycles. The van der Waals surface area contributed by atoms with Crippen LogP contribution >= 0.6 is 22.6 Å². The average molecular weight is 376 g/mol. The molecule has 0 saturated heterocycles. The molecule has 0 aliphatic rings. The van der Waals surface area contributed by atoms with E-state index in [2.05, 4.69) is 58.7 Å². The lowest BCUT2D eigenvalue weighted by Crippen LogP contribution is -1.84. The minimum atomic E-state index is 0.557. The third-order valence-corrected chi connectivity index (χ3v) is 4.00. The van der Waals surface area contributed by atoms with Crippen LogP contribution in [0.15, 0.2) is 47.0 Å². The van der Waals surface area contributed by atoms with Crippen LogP contribution in [0.3, 0.4) is 0 Å². The molecule has 3 aromatic rings. The quantitative estimate of drug-likeness (QED) is 0.613. The summed E-state index contributed by atoms with van der Waals surface area (Å²) in [6.45, 7) is 4.17. The smallest absolute Gasteiger partial charge is 0.258 e. The van der Waals surface area contributed by atoms with Crippen LogP contribution in [0.1, 0.15) is 11.1 Å². The van der Waals surface area contributed by atoms with Crippen molar-refractivity contribution < 1.29 is 4.52 Å². The van der Waals surface area contributed by atoms with Crippen LogP contribution < -0.4 is 0 Å². The van der Waals surface area contributed by atoms with E-state index in [4.69, 9.17) is 4.52 Å². The fourth-order valence-corrected chi connectivity index (χ4v) is 2.29. The number of nitrogens with zero attached hydrogens (tertiary/aromatic N) is 2. The molecule has 0 unspecified atom stereocenters. The maximum Gasteiger partial charge on any atom is 0.258 e.